The Labute approximate surface area is 149 Å². The summed E-state index contributed by atoms with van der Waals surface area (Å²) in [6, 6.07) is 10.9. The molecule has 2 amide bonds. The van der Waals surface area contributed by atoms with Crippen LogP contribution < -0.4 is 15.0 Å². The fourth-order valence-corrected chi connectivity index (χ4v) is 2.88. The summed E-state index contributed by atoms with van der Waals surface area (Å²) in [4.78, 5) is 26.1. The van der Waals surface area contributed by atoms with Crippen molar-refractivity contribution < 1.29 is 14.3 Å². The molecule has 0 unspecified atom stereocenters. The van der Waals surface area contributed by atoms with Gasteiger partial charge in [0.1, 0.15) is 11.8 Å². The van der Waals surface area contributed by atoms with Crippen LogP contribution in [-0.4, -0.2) is 25.0 Å². The number of carbonyl (C=O) groups excluding carboxylic acids is 2. The zero-order valence-corrected chi connectivity index (χ0v) is 14.3. The summed E-state index contributed by atoms with van der Waals surface area (Å²) in [7, 11) is 1.52. The zero-order valence-electron chi connectivity index (χ0n) is 12.8. The lowest BCUT2D eigenvalue weighted by atomic mass is 10.2. The van der Waals surface area contributed by atoms with Gasteiger partial charge in [0.25, 0.3) is 5.91 Å². The van der Waals surface area contributed by atoms with Crippen molar-refractivity contribution in [2.45, 2.75) is 12.5 Å². The van der Waals surface area contributed by atoms with E-state index in [0.717, 1.165) is 4.90 Å². The Kier molecular flexibility index (Phi) is 4.64. The maximum absolute atomic E-state index is 12.6. The average molecular weight is 365 g/mol. The Bertz CT molecular complexity index is 793. The number of anilines is 2. The fraction of sp³-hybridized carbons (Fsp3) is 0.176. The molecule has 124 valence electrons. The molecule has 1 saturated heterocycles. The molecule has 3 rings (SSSR count). The van der Waals surface area contributed by atoms with E-state index in [1.807, 2.05) is 0 Å². The maximum atomic E-state index is 12.6. The van der Waals surface area contributed by atoms with Gasteiger partial charge in [-0.05, 0) is 42.5 Å². The Morgan fingerprint density at radius 3 is 2.42 bits per heavy atom. The van der Waals surface area contributed by atoms with Crippen LogP contribution in [0.2, 0.25) is 10.0 Å². The minimum atomic E-state index is -0.680. The first-order valence-corrected chi connectivity index (χ1v) is 7.97. The van der Waals surface area contributed by atoms with Gasteiger partial charge in [0.2, 0.25) is 5.91 Å². The average Bonchev–Trinajstić information content (AvgIpc) is 2.83. The first-order valence-electron chi connectivity index (χ1n) is 7.22. The molecular weight excluding hydrogens is 351 g/mol. The number of rotatable bonds is 4. The largest absolute Gasteiger partial charge is 0.495 e. The van der Waals surface area contributed by atoms with Crippen molar-refractivity contribution in [2.24, 2.45) is 0 Å². The second kappa shape index (κ2) is 6.71. The number of carbonyl (C=O) groups is 2. The molecular formula is C17H14Cl2N2O3. The molecule has 2 aromatic rings. The van der Waals surface area contributed by atoms with E-state index in [0.29, 0.717) is 27.2 Å². The Morgan fingerprint density at radius 2 is 1.75 bits per heavy atom. The number of hydrogen-bond acceptors (Lipinski definition) is 4. The zero-order chi connectivity index (χ0) is 17.3. The van der Waals surface area contributed by atoms with Crippen LogP contribution in [0.3, 0.4) is 0 Å². The van der Waals surface area contributed by atoms with Gasteiger partial charge in [-0.3, -0.25) is 9.59 Å². The molecule has 1 atom stereocenters. The standard InChI is InChI=1S/C17H14Cl2N2O3/c1-24-15-7-4-11(19)8-13(15)20-14-9-16(22)21(17(14)23)12-5-2-10(18)3-6-12/h2-8,14,20H,9H2,1H3/t14-/m0/s1. The SMILES string of the molecule is COc1ccc(Cl)cc1N[C@H]1CC(=O)N(c2ccc(Cl)cc2)C1=O. The van der Waals surface area contributed by atoms with Crippen LogP contribution in [0, 0.1) is 0 Å². The third-order valence-corrected chi connectivity index (χ3v) is 4.21. The summed E-state index contributed by atoms with van der Waals surface area (Å²) < 4.78 is 5.25. The van der Waals surface area contributed by atoms with Crippen LogP contribution in [0.4, 0.5) is 11.4 Å². The van der Waals surface area contributed by atoms with Crippen LogP contribution >= 0.6 is 23.2 Å². The van der Waals surface area contributed by atoms with E-state index in [-0.39, 0.29) is 18.2 Å². The predicted octanol–water partition coefficient (Wildman–Crippen LogP) is 3.75. The highest BCUT2D eigenvalue weighted by Crippen LogP contribution is 2.31. The molecule has 1 heterocycles. The Morgan fingerprint density at radius 1 is 1.08 bits per heavy atom. The van der Waals surface area contributed by atoms with Crippen molar-refractivity contribution in [3.63, 3.8) is 0 Å². The summed E-state index contributed by atoms with van der Waals surface area (Å²) in [6.45, 7) is 0. The highest BCUT2D eigenvalue weighted by molar-refractivity contribution is 6.31. The third-order valence-electron chi connectivity index (χ3n) is 3.72. The molecule has 1 N–H and O–H groups in total. The van der Waals surface area contributed by atoms with Crippen LogP contribution in [0.5, 0.6) is 5.75 Å². The van der Waals surface area contributed by atoms with Gasteiger partial charge >= 0.3 is 0 Å². The molecule has 7 heteroatoms. The third kappa shape index (κ3) is 3.18. The second-order valence-corrected chi connectivity index (χ2v) is 6.16. The van der Waals surface area contributed by atoms with Crippen LogP contribution in [-0.2, 0) is 9.59 Å². The van der Waals surface area contributed by atoms with Crippen LogP contribution in [0.1, 0.15) is 6.42 Å². The fourth-order valence-electron chi connectivity index (χ4n) is 2.59. The lowest BCUT2D eigenvalue weighted by Gasteiger charge is -2.17. The summed E-state index contributed by atoms with van der Waals surface area (Å²) in [6.07, 6.45) is 0.0527. The van der Waals surface area contributed by atoms with Gasteiger partial charge in [0.05, 0.1) is 24.9 Å². The highest BCUT2D eigenvalue weighted by Gasteiger charge is 2.39. The Balaban J connectivity index is 1.84. The van der Waals surface area contributed by atoms with Gasteiger partial charge in [-0.2, -0.15) is 0 Å². The highest BCUT2D eigenvalue weighted by atomic mass is 35.5. The molecule has 1 aliphatic heterocycles. The van der Waals surface area contributed by atoms with Crippen LogP contribution in [0.15, 0.2) is 42.5 Å². The second-order valence-electron chi connectivity index (χ2n) is 5.29. The van der Waals surface area contributed by atoms with E-state index in [2.05, 4.69) is 5.32 Å². The summed E-state index contributed by atoms with van der Waals surface area (Å²) >= 11 is 11.8. The molecule has 24 heavy (non-hydrogen) atoms. The number of nitrogens with zero attached hydrogens (tertiary/aromatic N) is 1. The molecule has 5 nitrogen and oxygen atoms in total. The van der Waals surface area contributed by atoms with Crippen molar-refractivity contribution in [1.29, 1.82) is 0 Å². The van der Waals surface area contributed by atoms with E-state index in [4.69, 9.17) is 27.9 Å². The topological polar surface area (TPSA) is 58.6 Å². The number of amides is 2. The van der Waals surface area contributed by atoms with E-state index in [9.17, 15) is 9.59 Å². The van der Waals surface area contributed by atoms with Gasteiger partial charge < -0.3 is 10.1 Å². The summed E-state index contributed by atoms with van der Waals surface area (Å²) in [5.41, 5.74) is 1.06. The van der Waals surface area contributed by atoms with Crippen LogP contribution in [0.25, 0.3) is 0 Å². The van der Waals surface area contributed by atoms with Crippen molar-refractivity contribution in [1.82, 2.24) is 0 Å². The van der Waals surface area contributed by atoms with Crippen molar-refractivity contribution in [3.8, 4) is 5.75 Å². The number of ether oxygens (including phenoxy) is 1. The van der Waals surface area contributed by atoms with Gasteiger partial charge in [-0.1, -0.05) is 23.2 Å². The minimum absolute atomic E-state index is 0.0527. The lowest BCUT2D eigenvalue weighted by Crippen LogP contribution is -2.34. The predicted molar refractivity (Wildman–Crippen MR) is 94.0 cm³/mol. The molecule has 2 aromatic carbocycles. The monoisotopic (exact) mass is 364 g/mol. The normalized spacial score (nSPS) is 17.3. The summed E-state index contributed by atoms with van der Waals surface area (Å²) in [5, 5.41) is 4.09. The quantitative estimate of drug-likeness (QED) is 0.839. The Hall–Kier alpha value is -2.24. The minimum Gasteiger partial charge on any atom is -0.495 e. The van der Waals surface area contributed by atoms with Gasteiger partial charge in [0, 0.05) is 10.0 Å². The number of imide groups is 1. The van der Waals surface area contributed by atoms with E-state index >= 15 is 0 Å². The first kappa shape index (κ1) is 16.6. The first-order chi connectivity index (χ1) is 11.5. The van der Waals surface area contributed by atoms with E-state index < -0.39 is 6.04 Å². The van der Waals surface area contributed by atoms with Gasteiger partial charge in [-0.25, -0.2) is 4.90 Å². The number of methoxy groups -OCH3 is 1. The molecule has 0 aliphatic carbocycles. The molecule has 0 aromatic heterocycles. The molecule has 0 spiro atoms. The number of halogens is 2. The van der Waals surface area contributed by atoms with E-state index in [1.54, 1.807) is 42.5 Å². The molecule has 0 saturated carbocycles. The van der Waals surface area contributed by atoms with Gasteiger partial charge in [0.15, 0.2) is 0 Å². The number of benzene rings is 2. The molecule has 0 radical (unpaired) electrons. The van der Waals surface area contributed by atoms with Crippen molar-refractivity contribution in [2.75, 3.05) is 17.3 Å². The number of hydrogen-bond donors (Lipinski definition) is 1. The lowest BCUT2D eigenvalue weighted by molar-refractivity contribution is -0.121. The number of nitrogens with one attached hydrogen (secondary N) is 1. The van der Waals surface area contributed by atoms with Crippen molar-refractivity contribution in [3.05, 3.63) is 52.5 Å². The maximum Gasteiger partial charge on any atom is 0.256 e. The van der Waals surface area contributed by atoms with Gasteiger partial charge in [-0.15, -0.1) is 0 Å². The molecule has 1 fully saturated rings. The van der Waals surface area contributed by atoms with E-state index in [1.165, 1.54) is 7.11 Å². The van der Waals surface area contributed by atoms with Crippen molar-refractivity contribution >= 4 is 46.4 Å². The summed E-state index contributed by atoms with van der Waals surface area (Å²) in [5.74, 6) is -0.0604. The smallest absolute Gasteiger partial charge is 0.256 e. The molecule has 0 bridgehead atoms. The molecule has 1 aliphatic rings.